The van der Waals surface area contributed by atoms with Gasteiger partial charge in [0.05, 0.1) is 5.92 Å². The molecule has 5 nitrogen and oxygen atoms in total. The Morgan fingerprint density at radius 1 is 1.47 bits per heavy atom. The molecule has 1 aliphatic rings. The molecule has 1 rings (SSSR count). The fourth-order valence-electron chi connectivity index (χ4n) is 2.42. The van der Waals surface area contributed by atoms with E-state index in [4.69, 9.17) is 5.11 Å². The molecular formula is C14H26N2O3. The van der Waals surface area contributed by atoms with Crippen molar-refractivity contribution in [1.29, 1.82) is 0 Å². The molecule has 0 saturated carbocycles. The summed E-state index contributed by atoms with van der Waals surface area (Å²) in [4.78, 5) is 24.5. The summed E-state index contributed by atoms with van der Waals surface area (Å²) in [6, 6.07) is 0.00104. The average molecular weight is 270 g/mol. The fraction of sp³-hybridized carbons (Fsp3) is 0.857. The summed E-state index contributed by atoms with van der Waals surface area (Å²) in [5.41, 5.74) is 0. The van der Waals surface area contributed by atoms with Gasteiger partial charge in [-0.15, -0.1) is 0 Å². The van der Waals surface area contributed by atoms with Gasteiger partial charge in [0.1, 0.15) is 0 Å². The molecule has 1 fully saturated rings. The number of hydrogen-bond acceptors (Lipinski definition) is 2. The molecule has 2 atom stereocenters. The molecule has 2 N–H and O–H groups in total. The van der Waals surface area contributed by atoms with Crippen LogP contribution in [0.4, 0.5) is 4.79 Å². The second-order valence-electron chi connectivity index (χ2n) is 5.48. The summed E-state index contributed by atoms with van der Waals surface area (Å²) in [6.07, 6.45) is 4.75. The van der Waals surface area contributed by atoms with Crippen molar-refractivity contribution in [2.24, 2.45) is 11.8 Å². The molecule has 110 valence electrons. The highest BCUT2D eigenvalue weighted by Gasteiger charge is 2.22. The topological polar surface area (TPSA) is 69.6 Å². The van der Waals surface area contributed by atoms with Crippen LogP contribution < -0.4 is 5.32 Å². The number of rotatable bonds is 6. The Labute approximate surface area is 115 Å². The molecule has 0 radical (unpaired) electrons. The smallest absolute Gasteiger partial charge is 0.317 e. The molecule has 2 unspecified atom stereocenters. The van der Waals surface area contributed by atoms with Gasteiger partial charge in [0.2, 0.25) is 0 Å². The number of amides is 2. The van der Waals surface area contributed by atoms with Gasteiger partial charge in [0.25, 0.3) is 0 Å². The molecule has 1 heterocycles. The molecule has 1 aliphatic heterocycles. The van der Waals surface area contributed by atoms with Crippen molar-refractivity contribution in [2.75, 3.05) is 19.6 Å². The third-order valence-corrected chi connectivity index (χ3v) is 3.90. The maximum atomic E-state index is 11.9. The Morgan fingerprint density at radius 3 is 2.84 bits per heavy atom. The number of carbonyl (C=O) groups excluding carboxylic acids is 1. The number of piperidine rings is 1. The second kappa shape index (κ2) is 8.02. The van der Waals surface area contributed by atoms with Gasteiger partial charge in [-0.25, -0.2) is 4.79 Å². The molecule has 1 saturated heterocycles. The minimum absolute atomic E-state index is 0.00104. The van der Waals surface area contributed by atoms with Crippen molar-refractivity contribution in [3.05, 3.63) is 0 Å². The van der Waals surface area contributed by atoms with Crippen LogP contribution in [0, 0.1) is 11.8 Å². The van der Waals surface area contributed by atoms with Crippen LogP contribution in [0.1, 0.15) is 46.0 Å². The van der Waals surface area contributed by atoms with Crippen LogP contribution in [-0.4, -0.2) is 41.6 Å². The van der Waals surface area contributed by atoms with Crippen LogP contribution in [0.25, 0.3) is 0 Å². The molecule has 0 spiro atoms. The first-order valence-corrected chi connectivity index (χ1v) is 7.30. The maximum absolute atomic E-state index is 11.9. The van der Waals surface area contributed by atoms with E-state index in [0.717, 1.165) is 25.9 Å². The van der Waals surface area contributed by atoms with Crippen LogP contribution in [0.2, 0.25) is 0 Å². The second-order valence-corrected chi connectivity index (χ2v) is 5.48. The number of carboxylic acids is 1. The first-order chi connectivity index (χ1) is 9.04. The van der Waals surface area contributed by atoms with E-state index in [9.17, 15) is 9.59 Å². The van der Waals surface area contributed by atoms with Gasteiger partial charge in [-0.05, 0) is 31.6 Å². The van der Waals surface area contributed by atoms with E-state index in [1.807, 2.05) is 4.90 Å². The van der Waals surface area contributed by atoms with Crippen LogP contribution in [-0.2, 0) is 4.79 Å². The van der Waals surface area contributed by atoms with Gasteiger partial charge in [0.15, 0.2) is 0 Å². The molecule has 0 aromatic rings. The van der Waals surface area contributed by atoms with Crippen molar-refractivity contribution in [1.82, 2.24) is 10.2 Å². The van der Waals surface area contributed by atoms with E-state index in [1.165, 1.54) is 6.42 Å². The van der Waals surface area contributed by atoms with Crippen molar-refractivity contribution in [3.63, 3.8) is 0 Å². The summed E-state index contributed by atoms with van der Waals surface area (Å²) < 4.78 is 0. The van der Waals surface area contributed by atoms with Gasteiger partial charge < -0.3 is 15.3 Å². The minimum atomic E-state index is -0.770. The standard InChI is InChI=1S/C14H26N2O3/c1-3-12-7-5-9-16(10-12)14(19)15-8-4-6-11(2)13(17)18/h11-12H,3-10H2,1-2H3,(H,15,19)(H,17,18). The monoisotopic (exact) mass is 270 g/mol. The number of nitrogens with zero attached hydrogens (tertiary/aromatic N) is 1. The van der Waals surface area contributed by atoms with E-state index in [-0.39, 0.29) is 11.9 Å². The number of nitrogens with one attached hydrogen (secondary N) is 1. The summed E-state index contributed by atoms with van der Waals surface area (Å²) in [5.74, 6) is -0.476. The van der Waals surface area contributed by atoms with E-state index in [0.29, 0.717) is 25.3 Å². The zero-order chi connectivity index (χ0) is 14.3. The summed E-state index contributed by atoms with van der Waals surface area (Å²) in [5, 5.41) is 11.6. The third-order valence-electron chi connectivity index (χ3n) is 3.90. The highest BCUT2D eigenvalue weighted by molar-refractivity contribution is 5.74. The Balaban J connectivity index is 2.18. The number of urea groups is 1. The Kier molecular flexibility index (Phi) is 6.67. The lowest BCUT2D eigenvalue weighted by atomic mass is 9.96. The third kappa shape index (κ3) is 5.49. The van der Waals surface area contributed by atoms with Crippen LogP contribution in [0.3, 0.4) is 0 Å². The summed E-state index contributed by atoms with van der Waals surface area (Å²) in [6.45, 7) is 6.12. The van der Waals surface area contributed by atoms with Crippen molar-refractivity contribution in [2.45, 2.75) is 46.0 Å². The van der Waals surface area contributed by atoms with Gasteiger partial charge in [-0.2, -0.15) is 0 Å². The predicted molar refractivity (Wildman–Crippen MR) is 74.0 cm³/mol. The zero-order valence-electron chi connectivity index (χ0n) is 12.0. The lowest BCUT2D eigenvalue weighted by Crippen LogP contribution is -2.45. The first kappa shape index (κ1) is 15.8. The lowest BCUT2D eigenvalue weighted by Gasteiger charge is -2.32. The fourth-order valence-corrected chi connectivity index (χ4v) is 2.42. The van der Waals surface area contributed by atoms with Crippen LogP contribution >= 0.6 is 0 Å². The molecule has 19 heavy (non-hydrogen) atoms. The van der Waals surface area contributed by atoms with E-state index >= 15 is 0 Å². The molecule has 0 aromatic heterocycles. The van der Waals surface area contributed by atoms with Gasteiger partial charge in [-0.3, -0.25) is 4.79 Å². The molecule has 0 bridgehead atoms. The number of hydrogen-bond donors (Lipinski definition) is 2. The summed E-state index contributed by atoms with van der Waals surface area (Å²) >= 11 is 0. The Bertz CT molecular complexity index is 307. The summed E-state index contributed by atoms with van der Waals surface area (Å²) in [7, 11) is 0. The molecule has 5 heteroatoms. The van der Waals surface area contributed by atoms with Crippen molar-refractivity contribution >= 4 is 12.0 Å². The Hall–Kier alpha value is -1.26. The SMILES string of the molecule is CCC1CCCN(C(=O)NCCCC(C)C(=O)O)C1. The lowest BCUT2D eigenvalue weighted by molar-refractivity contribution is -0.141. The quantitative estimate of drug-likeness (QED) is 0.728. The van der Waals surface area contributed by atoms with Crippen molar-refractivity contribution in [3.8, 4) is 0 Å². The molecule has 0 aliphatic carbocycles. The molecular weight excluding hydrogens is 244 g/mol. The van der Waals surface area contributed by atoms with Crippen LogP contribution in [0.15, 0.2) is 0 Å². The normalized spacial score (nSPS) is 20.9. The van der Waals surface area contributed by atoms with E-state index < -0.39 is 5.97 Å². The minimum Gasteiger partial charge on any atom is -0.481 e. The highest BCUT2D eigenvalue weighted by atomic mass is 16.4. The van der Waals surface area contributed by atoms with Crippen LogP contribution in [0.5, 0.6) is 0 Å². The molecule has 0 aromatic carbocycles. The largest absolute Gasteiger partial charge is 0.481 e. The van der Waals surface area contributed by atoms with Gasteiger partial charge in [0, 0.05) is 19.6 Å². The van der Waals surface area contributed by atoms with E-state index in [1.54, 1.807) is 6.92 Å². The first-order valence-electron chi connectivity index (χ1n) is 7.30. The predicted octanol–water partition coefficient (Wildman–Crippen LogP) is 2.32. The number of carboxylic acid groups (broad SMARTS) is 1. The van der Waals surface area contributed by atoms with Crippen molar-refractivity contribution < 1.29 is 14.7 Å². The molecule has 2 amide bonds. The average Bonchev–Trinajstić information content (AvgIpc) is 2.42. The zero-order valence-corrected chi connectivity index (χ0v) is 12.0. The number of likely N-dealkylation sites (tertiary alicyclic amines) is 1. The highest BCUT2D eigenvalue weighted by Crippen LogP contribution is 2.18. The number of carbonyl (C=O) groups is 2. The van der Waals surface area contributed by atoms with E-state index in [2.05, 4.69) is 12.2 Å². The Morgan fingerprint density at radius 2 is 2.21 bits per heavy atom. The van der Waals surface area contributed by atoms with Gasteiger partial charge in [-0.1, -0.05) is 20.3 Å². The maximum Gasteiger partial charge on any atom is 0.317 e. The number of aliphatic carboxylic acids is 1. The van der Waals surface area contributed by atoms with Gasteiger partial charge >= 0.3 is 12.0 Å².